The number of rotatable bonds is 3. The number of benzene rings is 1. The number of hydrogen-bond acceptors (Lipinski definition) is 3. The summed E-state index contributed by atoms with van der Waals surface area (Å²) in [5.74, 6) is -0.0355. The largest absolute Gasteiger partial charge is 0.399 e. The number of nitrogens with two attached hydrogens (primary N) is 1. The highest BCUT2D eigenvalue weighted by Crippen LogP contribution is 2.31. The highest BCUT2D eigenvalue weighted by atomic mass is 35.5. The number of nitrogens with zero attached hydrogens (tertiary/aromatic N) is 1. The highest BCUT2D eigenvalue weighted by Gasteiger charge is 2.37. The van der Waals surface area contributed by atoms with Crippen molar-refractivity contribution in [3.8, 4) is 0 Å². The van der Waals surface area contributed by atoms with Gasteiger partial charge in [-0.05, 0) is 58.4 Å². The van der Waals surface area contributed by atoms with Gasteiger partial charge < -0.3 is 11.1 Å². The van der Waals surface area contributed by atoms with Gasteiger partial charge in [0.25, 0.3) is 0 Å². The van der Waals surface area contributed by atoms with Gasteiger partial charge in [0.15, 0.2) is 0 Å². The van der Waals surface area contributed by atoms with Crippen molar-refractivity contribution in [3.63, 3.8) is 0 Å². The summed E-state index contributed by atoms with van der Waals surface area (Å²) in [6.45, 7) is 7.25. The average molecular weight is 296 g/mol. The number of amides is 1. The normalized spacial score (nSPS) is 19.8. The molecule has 1 fully saturated rings. The van der Waals surface area contributed by atoms with Crippen LogP contribution in [0.25, 0.3) is 0 Å². The summed E-state index contributed by atoms with van der Waals surface area (Å²) >= 11 is 6.09. The van der Waals surface area contributed by atoms with Crippen LogP contribution in [-0.2, 0) is 4.79 Å². The smallest absolute Gasteiger partial charge is 0.241 e. The molecule has 3 N–H and O–H groups in total. The Bertz CT molecular complexity index is 516. The van der Waals surface area contributed by atoms with Gasteiger partial charge in [-0.3, -0.25) is 9.69 Å². The van der Waals surface area contributed by atoms with Crippen LogP contribution in [0, 0.1) is 0 Å². The summed E-state index contributed by atoms with van der Waals surface area (Å²) < 4.78 is 0. The first-order chi connectivity index (χ1) is 9.31. The fourth-order valence-corrected chi connectivity index (χ4v) is 3.09. The third kappa shape index (κ3) is 3.07. The van der Waals surface area contributed by atoms with Crippen molar-refractivity contribution in [1.82, 2.24) is 4.90 Å². The molecule has 4 nitrogen and oxygen atoms in total. The molecule has 0 spiro atoms. The molecule has 110 valence electrons. The fraction of sp³-hybridized carbons (Fsp3) is 0.533. The maximum Gasteiger partial charge on any atom is 0.241 e. The molecule has 1 aliphatic heterocycles. The van der Waals surface area contributed by atoms with Gasteiger partial charge in [0, 0.05) is 11.2 Å². The van der Waals surface area contributed by atoms with Crippen molar-refractivity contribution in [3.05, 3.63) is 23.2 Å². The van der Waals surface area contributed by atoms with E-state index in [1.54, 1.807) is 18.2 Å². The number of hydrogen-bond donors (Lipinski definition) is 2. The summed E-state index contributed by atoms with van der Waals surface area (Å²) in [4.78, 5) is 14.6. The van der Waals surface area contributed by atoms with Crippen LogP contribution in [0.1, 0.15) is 33.6 Å². The van der Waals surface area contributed by atoms with Crippen molar-refractivity contribution >= 4 is 28.9 Å². The minimum Gasteiger partial charge on any atom is -0.399 e. The van der Waals surface area contributed by atoms with Crippen LogP contribution >= 0.6 is 11.6 Å². The van der Waals surface area contributed by atoms with E-state index in [4.69, 9.17) is 17.3 Å². The van der Waals surface area contributed by atoms with Crippen molar-refractivity contribution in [1.29, 1.82) is 0 Å². The molecule has 1 amide bonds. The zero-order valence-electron chi connectivity index (χ0n) is 12.2. The van der Waals surface area contributed by atoms with Gasteiger partial charge in [-0.2, -0.15) is 0 Å². The van der Waals surface area contributed by atoms with Gasteiger partial charge in [-0.15, -0.1) is 0 Å². The second-order valence-electron chi connectivity index (χ2n) is 6.01. The fourth-order valence-electron chi connectivity index (χ4n) is 2.86. The second-order valence-corrected chi connectivity index (χ2v) is 6.42. The minimum atomic E-state index is -0.180. The summed E-state index contributed by atoms with van der Waals surface area (Å²) in [7, 11) is 0. The Balaban J connectivity index is 2.08. The topological polar surface area (TPSA) is 58.4 Å². The monoisotopic (exact) mass is 295 g/mol. The lowest BCUT2D eigenvalue weighted by molar-refractivity contribution is -0.122. The molecule has 2 rings (SSSR count). The van der Waals surface area contributed by atoms with E-state index >= 15 is 0 Å². The molecule has 1 aliphatic rings. The molecule has 0 radical (unpaired) electrons. The molecule has 5 heteroatoms. The molecule has 1 unspecified atom stereocenters. The second kappa shape index (κ2) is 5.62. The minimum absolute atomic E-state index is 0.0355. The van der Waals surface area contributed by atoms with Crippen LogP contribution in [-0.4, -0.2) is 28.9 Å². The first-order valence-electron chi connectivity index (χ1n) is 6.94. The average Bonchev–Trinajstić information content (AvgIpc) is 2.71. The molecule has 20 heavy (non-hydrogen) atoms. The first kappa shape index (κ1) is 15.1. The summed E-state index contributed by atoms with van der Waals surface area (Å²) in [6, 6.07) is 4.92. The Kier molecular flexibility index (Phi) is 4.25. The lowest BCUT2D eigenvalue weighted by Gasteiger charge is -2.35. The Hall–Kier alpha value is -1.26. The zero-order valence-corrected chi connectivity index (χ0v) is 13.0. The van der Waals surface area contributed by atoms with Crippen LogP contribution in [0.4, 0.5) is 11.4 Å². The van der Waals surface area contributed by atoms with Gasteiger partial charge in [0.2, 0.25) is 5.91 Å². The molecule has 1 atom stereocenters. The SMILES string of the molecule is CC(C(=O)Nc1ccc(N)cc1Cl)N1CCCC1(C)C. The third-order valence-corrected chi connectivity index (χ3v) is 4.38. The van der Waals surface area contributed by atoms with Gasteiger partial charge in [0.1, 0.15) is 0 Å². The number of carbonyl (C=O) groups excluding carboxylic acids is 1. The molecule has 0 aromatic heterocycles. The number of anilines is 2. The highest BCUT2D eigenvalue weighted by molar-refractivity contribution is 6.34. The molecule has 1 heterocycles. The third-order valence-electron chi connectivity index (χ3n) is 4.06. The number of nitrogens with one attached hydrogen (secondary N) is 1. The molecule has 1 aromatic rings. The molecule has 0 aliphatic carbocycles. The van der Waals surface area contributed by atoms with E-state index in [9.17, 15) is 4.79 Å². The van der Waals surface area contributed by atoms with Crippen LogP contribution in [0.5, 0.6) is 0 Å². The van der Waals surface area contributed by atoms with Gasteiger partial charge in [-0.1, -0.05) is 11.6 Å². The Morgan fingerprint density at radius 2 is 2.20 bits per heavy atom. The standard InChI is InChI=1S/C15H22ClN3O/c1-10(19-8-4-7-15(19,2)3)14(20)18-13-6-5-11(17)9-12(13)16/h5-6,9-10H,4,7-8,17H2,1-3H3,(H,18,20). The summed E-state index contributed by atoms with van der Waals surface area (Å²) in [6.07, 6.45) is 2.25. The number of likely N-dealkylation sites (tertiary alicyclic amines) is 1. The predicted molar refractivity (Wildman–Crippen MR) is 84.0 cm³/mol. The van der Waals surface area contributed by atoms with Crippen LogP contribution in [0.3, 0.4) is 0 Å². The first-order valence-corrected chi connectivity index (χ1v) is 7.32. The molecular formula is C15H22ClN3O. The van der Waals surface area contributed by atoms with E-state index in [-0.39, 0.29) is 17.5 Å². The van der Waals surface area contributed by atoms with Gasteiger partial charge >= 0.3 is 0 Å². The van der Waals surface area contributed by atoms with Crippen molar-refractivity contribution in [2.45, 2.75) is 45.2 Å². The van der Waals surface area contributed by atoms with E-state index in [0.29, 0.717) is 16.4 Å². The van der Waals surface area contributed by atoms with E-state index in [0.717, 1.165) is 19.4 Å². The van der Waals surface area contributed by atoms with Gasteiger partial charge in [0.05, 0.1) is 16.8 Å². The van der Waals surface area contributed by atoms with E-state index in [1.165, 1.54) is 0 Å². The number of halogens is 1. The summed E-state index contributed by atoms with van der Waals surface area (Å²) in [5.41, 5.74) is 6.91. The lowest BCUT2D eigenvalue weighted by Crippen LogP contribution is -2.49. The molecule has 1 saturated heterocycles. The Morgan fingerprint density at radius 3 is 2.75 bits per heavy atom. The van der Waals surface area contributed by atoms with Crippen LogP contribution in [0.15, 0.2) is 18.2 Å². The van der Waals surface area contributed by atoms with Crippen LogP contribution in [0.2, 0.25) is 5.02 Å². The number of carbonyl (C=O) groups is 1. The summed E-state index contributed by atoms with van der Waals surface area (Å²) in [5, 5.41) is 3.35. The maximum absolute atomic E-state index is 12.4. The van der Waals surface area contributed by atoms with Crippen molar-refractivity contribution in [2.75, 3.05) is 17.6 Å². The van der Waals surface area contributed by atoms with E-state index in [1.807, 2.05) is 6.92 Å². The maximum atomic E-state index is 12.4. The Morgan fingerprint density at radius 1 is 1.50 bits per heavy atom. The quantitative estimate of drug-likeness (QED) is 0.842. The molecular weight excluding hydrogens is 274 g/mol. The molecule has 1 aromatic carbocycles. The van der Waals surface area contributed by atoms with E-state index in [2.05, 4.69) is 24.1 Å². The van der Waals surface area contributed by atoms with Crippen molar-refractivity contribution < 1.29 is 4.79 Å². The van der Waals surface area contributed by atoms with Crippen molar-refractivity contribution in [2.24, 2.45) is 0 Å². The lowest BCUT2D eigenvalue weighted by atomic mass is 10.0. The Labute approximate surface area is 125 Å². The predicted octanol–water partition coefficient (Wildman–Crippen LogP) is 3.12. The zero-order chi connectivity index (χ0) is 14.9. The molecule has 0 bridgehead atoms. The number of nitrogen functional groups attached to an aromatic ring is 1. The van der Waals surface area contributed by atoms with E-state index < -0.39 is 0 Å². The van der Waals surface area contributed by atoms with Gasteiger partial charge in [-0.25, -0.2) is 0 Å². The molecule has 0 saturated carbocycles. The van der Waals surface area contributed by atoms with Crippen LogP contribution < -0.4 is 11.1 Å².